The van der Waals surface area contributed by atoms with E-state index < -0.39 is 0 Å². The van der Waals surface area contributed by atoms with Gasteiger partial charge in [0.1, 0.15) is 5.01 Å². The first kappa shape index (κ1) is 13.1. The van der Waals surface area contributed by atoms with Crippen molar-refractivity contribution in [1.82, 2.24) is 10.3 Å². The Morgan fingerprint density at radius 1 is 1.15 bits per heavy atom. The summed E-state index contributed by atoms with van der Waals surface area (Å²) in [7, 11) is 0. The molecule has 2 heterocycles. The minimum atomic E-state index is 0.450. The summed E-state index contributed by atoms with van der Waals surface area (Å²) in [6, 6.07) is 7.19. The molecule has 3 unspecified atom stereocenters. The molecule has 0 radical (unpaired) electrons. The molecule has 106 valence electrons. The molecule has 1 saturated carbocycles. The molecule has 20 heavy (non-hydrogen) atoms. The number of hydrogen-bond acceptors (Lipinski definition) is 3. The molecule has 4 heteroatoms. The van der Waals surface area contributed by atoms with Gasteiger partial charge in [-0.1, -0.05) is 24.4 Å². The van der Waals surface area contributed by atoms with E-state index in [-0.39, 0.29) is 0 Å². The molecule has 0 spiro atoms. The van der Waals surface area contributed by atoms with E-state index in [0.717, 1.165) is 22.5 Å². The Labute approximate surface area is 128 Å². The standard InChI is InChI=1S/C16H19ClN2S/c17-11-6-8-15-14(9-11)19-16(20-15)13-7-5-10-3-1-2-4-12(10)18-13/h6,8-10,12-13,18H,1-5,7H2. The van der Waals surface area contributed by atoms with Crippen LogP contribution in [0.1, 0.15) is 49.6 Å². The zero-order valence-electron chi connectivity index (χ0n) is 11.4. The van der Waals surface area contributed by atoms with Crippen molar-refractivity contribution in [3.63, 3.8) is 0 Å². The highest BCUT2D eigenvalue weighted by Crippen LogP contribution is 2.38. The monoisotopic (exact) mass is 306 g/mol. The van der Waals surface area contributed by atoms with Crippen LogP contribution in [0.3, 0.4) is 0 Å². The third kappa shape index (κ3) is 2.36. The van der Waals surface area contributed by atoms with E-state index in [4.69, 9.17) is 16.6 Å². The van der Waals surface area contributed by atoms with Crippen molar-refractivity contribution >= 4 is 33.2 Å². The van der Waals surface area contributed by atoms with Crippen LogP contribution in [0.5, 0.6) is 0 Å². The largest absolute Gasteiger partial charge is 0.305 e. The molecule has 4 rings (SSSR count). The van der Waals surface area contributed by atoms with Gasteiger partial charge in [-0.3, -0.25) is 0 Å². The zero-order chi connectivity index (χ0) is 13.5. The number of thiazole rings is 1. The van der Waals surface area contributed by atoms with E-state index in [0.29, 0.717) is 6.04 Å². The van der Waals surface area contributed by atoms with Gasteiger partial charge in [0.05, 0.1) is 16.3 Å². The molecule has 1 aliphatic carbocycles. The van der Waals surface area contributed by atoms with Crippen molar-refractivity contribution in [3.8, 4) is 0 Å². The number of rotatable bonds is 1. The van der Waals surface area contributed by atoms with Gasteiger partial charge in [0.25, 0.3) is 0 Å². The smallest absolute Gasteiger partial charge is 0.111 e. The Morgan fingerprint density at radius 2 is 2.05 bits per heavy atom. The Hall–Kier alpha value is -0.640. The van der Waals surface area contributed by atoms with E-state index >= 15 is 0 Å². The summed E-state index contributed by atoms with van der Waals surface area (Å²) in [6.07, 6.45) is 8.16. The molecule has 1 aliphatic heterocycles. The SMILES string of the molecule is Clc1ccc2sc(C3CCC4CCCCC4N3)nc2c1. The lowest BCUT2D eigenvalue weighted by Gasteiger charge is -2.39. The van der Waals surface area contributed by atoms with Gasteiger partial charge >= 0.3 is 0 Å². The van der Waals surface area contributed by atoms with Gasteiger partial charge < -0.3 is 5.32 Å². The summed E-state index contributed by atoms with van der Waals surface area (Å²) in [5.74, 6) is 0.906. The van der Waals surface area contributed by atoms with Crippen molar-refractivity contribution in [2.75, 3.05) is 0 Å². The number of fused-ring (bicyclic) bond motifs is 2. The van der Waals surface area contributed by atoms with Crippen LogP contribution in [0.25, 0.3) is 10.2 Å². The highest BCUT2D eigenvalue weighted by atomic mass is 35.5. The van der Waals surface area contributed by atoms with Crippen molar-refractivity contribution in [2.24, 2.45) is 5.92 Å². The molecule has 2 aliphatic rings. The van der Waals surface area contributed by atoms with Gasteiger partial charge in [0.2, 0.25) is 0 Å². The molecule has 0 amide bonds. The van der Waals surface area contributed by atoms with E-state index in [1.165, 1.54) is 48.2 Å². The number of aromatic nitrogens is 1. The molecule has 1 N–H and O–H groups in total. The van der Waals surface area contributed by atoms with Gasteiger partial charge in [-0.2, -0.15) is 0 Å². The summed E-state index contributed by atoms with van der Waals surface area (Å²) in [4.78, 5) is 4.81. The maximum absolute atomic E-state index is 6.05. The summed E-state index contributed by atoms with van der Waals surface area (Å²) in [5, 5.41) is 5.88. The van der Waals surface area contributed by atoms with Crippen LogP contribution < -0.4 is 5.32 Å². The quantitative estimate of drug-likeness (QED) is 0.807. The normalized spacial score (nSPS) is 30.4. The minimum Gasteiger partial charge on any atom is -0.305 e. The van der Waals surface area contributed by atoms with E-state index in [1.807, 2.05) is 23.5 Å². The second-order valence-corrected chi connectivity index (χ2v) is 7.61. The van der Waals surface area contributed by atoms with Gasteiger partial charge in [-0.15, -0.1) is 11.3 Å². The maximum Gasteiger partial charge on any atom is 0.111 e. The van der Waals surface area contributed by atoms with E-state index in [2.05, 4.69) is 11.4 Å². The molecule has 2 aromatic rings. The number of hydrogen-bond donors (Lipinski definition) is 1. The Morgan fingerprint density at radius 3 is 3.00 bits per heavy atom. The summed E-state index contributed by atoms with van der Waals surface area (Å²) in [6.45, 7) is 0. The second kappa shape index (κ2) is 5.28. The lowest BCUT2D eigenvalue weighted by atomic mass is 9.78. The van der Waals surface area contributed by atoms with Crippen LogP contribution in [0.2, 0.25) is 5.02 Å². The highest BCUT2D eigenvalue weighted by molar-refractivity contribution is 7.18. The van der Waals surface area contributed by atoms with Crippen LogP contribution in [-0.4, -0.2) is 11.0 Å². The molecule has 2 nitrogen and oxygen atoms in total. The van der Waals surface area contributed by atoms with E-state index in [1.54, 1.807) is 0 Å². The van der Waals surface area contributed by atoms with Crippen LogP contribution in [0.15, 0.2) is 18.2 Å². The van der Waals surface area contributed by atoms with E-state index in [9.17, 15) is 0 Å². The fourth-order valence-corrected chi connectivity index (χ4v) is 4.97. The summed E-state index contributed by atoms with van der Waals surface area (Å²) >= 11 is 7.87. The fraction of sp³-hybridized carbons (Fsp3) is 0.562. The number of halogens is 1. The molecule has 1 aromatic carbocycles. The van der Waals surface area contributed by atoms with Gasteiger partial charge in [0, 0.05) is 11.1 Å². The number of nitrogens with one attached hydrogen (secondary N) is 1. The molecule has 0 bridgehead atoms. The Bertz CT molecular complexity index is 624. The van der Waals surface area contributed by atoms with Crippen LogP contribution in [0.4, 0.5) is 0 Å². The van der Waals surface area contributed by atoms with Crippen LogP contribution >= 0.6 is 22.9 Å². The topological polar surface area (TPSA) is 24.9 Å². The van der Waals surface area contributed by atoms with Crippen molar-refractivity contribution in [3.05, 3.63) is 28.2 Å². The maximum atomic E-state index is 6.05. The summed E-state index contributed by atoms with van der Waals surface area (Å²) < 4.78 is 1.25. The van der Waals surface area contributed by atoms with Crippen LogP contribution in [0, 0.1) is 5.92 Å². The predicted octanol–water partition coefficient (Wildman–Crippen LogP) is 4.93. The first-order valence-electron chi connectivity index (χ1n) is 7.61. The first-order valence-corrected chi connectivity index (χ1v) is 8.81. The van der Waals surface area contributed by atoms with Gasteiger partial charge in [0.15, 0.2) is 0 Å². The Balaban J connectivity index is 1.59. The van der Waals surface area contributed by atoms with Gasteiger partial charge in [-0.05, 0) is 49.8 Å². The second-order valence-electron chi connectivity index (χ2n) is 6.11. The molecular weight excluding hydrogens is 288 g/mol. The lowest BCUT2D eigenvalue weighted by molar-refractivity contribution is 0.177. The van der Waals surface area contributed by atoms with Crippen molar-refractivity contribution in [2.45, 2.75) is 50.6 Å². The lowest BCUT2D eigenvalue weighted by Crippen LogP contribution is -2.44. The molecule has 2 fully saturated rings. The molecule has 3 atom stereocenters. The summed E-state index contributed by atoms with van der Waals surface area (Å²) in [5.41, 5.74) is 1.05. The zero-order valence-corrected chi connectivity index (χ0v) is 13.0. The molecule has 1 aromatic heterocycles. The average molecular weight is 307 g/mol. The first-order chi connectivity index (χ1) is 9.79. The predicted molar refractivity (Wildman–Crippen MR) is 85.5 cm³/mol. The average Bonchev–Trinajstić information content (AvgIpc) is 2.89. The Kier molecular flexibility index (Phi) is 3.45. The van der Waals surface area contributed by atoms with Gasteiger partial charge in [-0.25, -0.2) is 4.98 Å². The number of piperidine rings is 1. The fourth-order valence-electron chi connectivity index (χ4n) is 3.76. The van der Waals surface area contributed by atoms with Crippen molar-refractivity contribution in [1.29, 1.82) is 0 Å². The third-order valence-electron chi connectivity index (χ3n) is 4.81. The van der Waals surface area contributed by atoms with Crippen molar-refractivity contribution < 1.29 is 0 Å². The minimum absolute atomic E-state index is 0.450. The van der Waals surface area contributed by atoms with Crippen LogP contribution in [-0.2, 0) is 0 Å². The highest BCUT2D eigenvalue weighted by Gasteiger charge is 2.33. The molecular formula is C16H19ClN2S. The molecule has 1 saturated heterocycles. The third-order valence-corrected chi connectivity index (χ3v) is 6.20. The number of nitrogens with zero attached hydrogens (tertiary/aromatic N) is 1. The number of benzene rings is 1.